The van der Waals surface area contributed by atoms with Gasteiger partial charge in [0.05, 0.1) is 5.56 Å². The largest absolute Gasteiger partial charge is 0.478 e. The second kappa shape index (κ2) is 7.23. The Labute approximate surface area is 159 Å². The van der Waals surface area contributed by atoms with E-state index in [1.807, 2.05) is 6.07 Å². The fraction of sp³-hybridized carbons (Fsp3) is 0.217. The van der Waals surface area contributed by atoms with Gasteiger partial charge in [0.2, 0.25) is 0 Å². The lowest BCUT2D eigenvalue weighted by atomic mass is 9.73. The summed E-state index contributed by atoms with van der Waals surface area (Å²) < 4.78 is 0. The van der Waals surface area contributed by atoms with E-state index in [-0.39, 0.29) is 11.0 Å². The molecule has 0 amide bonds. The molecule has 4 nitrogen and oxygen atoms in total. The molecule has 0 fully saturated rings. The summed E-state index contributed by atoms with van der Waals surface area (Å²) in [5.41, 5.74) is 6.16. The van der Waals surface area contributed by atoms with Crippen molar-refractivity contribution >= 4 is 23.3 Å². The van der Waals surface area contributed by atoms with Gasteiger partial charge in [-0.2, -0.15) is 0 Å². The van der Waals surface area contributed by atoms with Crippen LogP contribution in [0.3, 0.4) is 0 Å². The number of carboxylic acid groups (broad SMARTS) is 1. The summed E-state index contributed by atoms with van der Waals surface area (Å²) in [5.74, 6) is -0.954. The third-order valence-corrected chi connectivity index (χ3v) is 5.09. The number of oxime groups is 1. The number of nitrogens with zero attached hydrogens (tertiary/aromatic N) is 1. The van der Waals surface area contributed by atoms with Gasteiger partial charge in [0.15, 0.2) is 0 Å². The molecular formula is C23H23NO3. The zero-order valence-electron chi connectivity index (χ0n) is 15.7. The third kappa shape index (κ3) is 3.85. The van der Waals surface area contributed by atoms with Crippen molar-refractivity contribution in [2.45, 2.75) is 32.6 Å². The van der Waals surface area contributed by atoms with Crippen molar-refractivity contribution in [2.24, 2.45) is 5.16 Å². The van der Waals surface area contributed by atoms with Gasteiger partial charge in [-0.05, 0) is 65.3 Å². The molecule has 0 saturated heterocycles. The highest BCUT2D eigenvalue weighted by Gasteiger charge is 2.27. The summed E-state index contributed by atoms with van der Waals surface area (Å²) in [6, 6.07) is 12.7. The van der Waals surface area contributed by atoms with Crippen molar-refractivity contribution in [1.29, 1.82) is 0 Å². The molecule has 1 aliphatic carbocycles. The number of allylic oxidation sites excluding steroid dienone is 3. The van der Waals surface area contributed by atoms with E-state index in [1.54, 1.807) is 36.4 Å². The first-order chi connectivity index (χ1) is 12.8. The molecule has 0 saturated carbocycles. The zero-order chi connectivity index (χ0) is 19.6. The lowest BCUT2D eigenvalue weighted by molar-refractivity contribution is 0.0697. The van der Waals surface area contributed by atoms with Crippen LogP contribution in [-0.4, -0.2) is 22.0 Å². The van der Waals surface area contributed by atoms with Gasteiger partial charge in [0, 0.05) is 5.56 Å². The van der Waals surface area contributed by atoms with Gasteiger partial charge in [-0.25, -0.2) is 4.79 Å². The van der Waals surface area contributed by atoms with Crippen LogP contribution in [0.15, 0.2) is 59.8 Å². The van der Waals surface area contributed by atoms with Gasteiger partial charge < -0.3 is 10.3 Å². The number of carboxylic acids is 1. The predicted molar refractivity (Wildman–Crippen MR) is 108 cm³/mol. The number of benzene rings is 2. The van der Waals surface area contributed by atoms with Crippen LogP contribution in [0.1, 0.15) is 59.8 Å². The summed E-state index contributed by atoms with van der Waals surface area (Å²) >= 11 is 0. The molecule has 1 aliphatic rings. The molecule has 2 N–H and O–H groups in total. The molecule has 0 unspecified atom stereocenters. The number of fused-ring (bicyclic) bond motifs is 1. The quantitative estimate of drug-likeness (QED) is 0.437. The molecule has 0 radical (unpaired) electrons. The first-order valence-electron chi connectivity index (χ1n) is 8.87. The monoisotopic (exact) mass is 361 g/mol. The standard InChI is InChI=1S/C23H23NO3/c1-15-12-13-23(2,3)20-14-18(9-10-19(15)20)21(24-27)11-6-16-4-7-17(8-5-16)22(25)26/h4-12,14,27H,13H2,1-3H3,(H,25,26)/b11-6+,24-21-. The highest BCUT2D eigenvalue weighted by molar-refractivity contribution is 6.10. The highest BCUT2D eigenvalue weighted by Crippen LogP contribution is 2.39. The summed E-state index contributed by atoms with van der Waals surface area (Å²) in [6.45, 7) is 6.55. The van der Waals surface area contributed by atoms with Crippen molar-refractivity contribution in [3.05, 3.63) is 82.4 Å². The molecule has 27 heavy (non-hydrogen) atoms. The molecule has 0 spiro atoms. The molecule has 0 aromatic heterocycles. The van der Waals surface area contributed by atoms with Gasteiger partial charge in [-0.3, -0.25) is 0 Å². The lowest BCUT2D eigenvalue weighted by Crippen LogP contribution is -2.21. The lowest BCUT2D eigenvalue weighted by Gasteiger charge is -2.31. The van der Waals surface area contributed by atoms with E-state index >= 15 is 0 Å². The van der Waals surface area contributed by atoms with Crippen molar-refractivity contribution in [3.63, 3.8) is 0 Å². The van der Waals surface area contributed by atoms with Crippen molar-refractivity contribution in [2.75, 3.05) is 0 Å². The molecule has 0 bridgehead atoms. The molecule has 138 valence electrons. The minimum Gasteiger partial charge on any atom is -0.478 e. The van der Waals surface area contributed by atoms with Crippen molar-refractivity contribution in [3.8, 4) is 0 Å². The summed E-state index contributed by atoms with van der Waals surface area (Å²) in [6.07, 6.45) is 6.78. The Morgan fingerprint density at radius 2 is 1.78 bits per heavy atom. The summed E-state index contributed by atoms with van der Waals surface area (Å²) in [5, 5.41) is 21.9. The highest BCUT2D eigenvalue weighted by atomic mass is 16.4. The molecule has 0 aliphatic heterocycles. The minimum absolute atomic E-state index is 0.0296. The number of aromatic carboxylic acids is 1. The van der Waals surface area contributed by atoms with Crippen molar-refractivity contribution < 1.29 is 15.1 Å². The molecule has 0 atom stereocenters. The maximum absolute atomic E-state index is 10.9. The van der Waals surface area contributed by atoms with Crippen LogP contribution in [0, 0.1) is 0 Å². The fourth-order valence-corrected chi connectivity index (χ4v) is 3.33. The first-order valence-corrected chi connectivity index (χ1v) is 8.87. The molecule has 2 aromatic rings. The van der Waals surface area contributed by atoms with Crippen LogP contribution in [0.25, 0.3) is 11.6 Å². The van der Waals surface area contributed by atoms with Crippen LogP contribution in [-0.2, 0) is 5.41 Å². The summed E-state index contributed by atoms with van der Waals surface area (Å²) in [7, 11) is 0. The van der Waals surface area contributed by atoms with E-state index in [0.717, 1.165) is 17.5 Å². The molecule has 0 heterocycles. The predicted octanol–water partition coefficient (Wildman–Crippen LogP) is 5.36. The molecular weight excluding hydrogens is 338 g/mol. The SMILES string of the molecule is CC1=CCC(C)(C)c2cc(C(/C=C/c3ccc(C(=O)O)cc3)=N\O)ccc21. The average molecular weight is 361 g/mol. The van der Waals surface area contributed by atoms with E-state index < -0.39 is 5.97 Å². The molecule has 4 heteroatoms. The van der Waals surface area contributed by atoms with E-state index in [1.165, 1.54) is 16.7 Å². The van der Waals surface area contributed by atoms with Gasteiger partial charge in [0.25, 0.3) is 0 Å². The Bertz CT molecular complexity index is 964. The Kier molecular flexibility index (Phi) is 5.00. The Balaban J connectivity index is 1.91. The van der Waals surface area contributed by atoms with Crippen LogP contribution in [0.5, 0.6) is 0 Å². The Hall–Kier alpha value is -3.14. The van der Waals surface area contributed by atoms with E-state index in [9.17, 15) is 10.0 Å². The number of carbonyl (C=O) groups is 1. The van der Waals surface area contributed by atoms with Crippen LogP contribution in [0.4, 0.5) is 0 Å². The zero-order valence-corrected chi connectivity index (χ0v) is 15.7. The van der Waals surface area contributed by atoms with E-state index in [4.69, 9.17) is 5.11 Å². The number of hydrogen-bond acceptors (Lipinski definition) is 3. The van der Waals surface area contributed by atoms with Gasteiger partial charge in [-0.15, -0.1) is 0 Å². The number of rotatable bonds is 4. The smallest absolute Gasteiger partial charge is 0.335 e. The van der Waals surface area contributed by atoms with E-state index in [0.29, 0.717) is 5.71 Å². The second-order valence-corrected chi connectivity index (χ2v) is 7.48. The van der Waals surface area contributed by atoms with Crippen LogP contribution >= 0.6 is 0 Å². The van der Waals surface area contributed by atoms with Crippen molar-refractivity contribution in [1.82, 2.24) is 0 Å². The van der Waals surface area contributed by atoms with Gasteiger partial charge >= 0.3 is 5.97 Å². The van der Waals surface area contributed by atoms with Crippen LogP contribution < -0.4 is 0 Å². The third-order valence-electron chi connectivity index (χ3n) is 5.09. The molecule has 2 aromatic carbocycles. The topological polar surface area (TPSA) is 69.9 Å². The molecule has 3 rings (SSSR count). The Morgan fingerprint density at radius 1 is 1.11 bits per heavy atom. The first kappa shape index (κ1) is 18.6. The van der Waals surface area contributed by atoms with Gasteiger partial charge in [-0.1, -0.05) is 55.4 Å². The normalized spacial score (nSPS) is 16.1. The number of hydrogen-bond donors (Lipinski definition) is 2. The van der Waals surface area contributed by atoms with Crippen LogP contribution in [0.2, 0.25) is 0 Å². The minimum atomic E-state index is -0.954. The van der Waals surface area contributed by atoms with Gasteiger partial charge in [0.1, 0.15) is 5.71 Å². The maximum Gasteiger partial charge on any atom is 0.335 e. The summed E-state index contributed by atoms with van der Waals surface area (Å²) in [4.78, 5) is 10.9. The average Bonchev–Trinajstić information content (AvgIpc) is 2.66. The Morgan fingerprint density at radius 3 is 2.41 bits per heavy atom. The fourth-order valence-electron chi connectivity index (χ4n) is 3.33. The second-order valence-electron chi connectivity index (χ2n) is 7.48. The van der Waals surface area contributed by atoms with E-state index in [2.05, 4.69) is 44.1 Å². The maximum atomic E-state index is 10.9.